The molecule has 1 aromatic rings. The van der Waals surface area contributed by atoms with Crippen molar-refractivity contribution < 1.29 is 9.90 Å². The highest BCUT2D eigenvalue weighted by molar-refractivity contribution is 14.1. The summed E-state index contributed by atoms with van der Waals surface area (Å²) >= 11 is 2.00. The van der Waals surface area contributed by atoms with Crippen LogP contribution in [-0.2, 0) is 0 Å². The van der Waals surface area contributed by atoms with E-state index in [1.807, 2.05) is 29.5 Å². The van der Waals surface area contributed by atoms with Crippen LogP contribution in [0.25, 0.3) is 0 Å². The van der Waals surface area contributed by atoms with Gasteiger partial charge in [0.1, 0.15) is 5.75 Å². The molecular formula is C9H10INO2. The third-order valence-corrected chi connectivity index (χ3v) is 2.46. The number of aromatic hydroxyl groups is 1. The summed E-state index contributed by atoms with van der Waals surface area (Å²) in [6.45, 7) is 2.44. The van der Waals surface area contributed by atoms with E-state index in [9.17, 15) is 9.90 Å². The predicted molar refractivity (Wildman–Crippen MR) is 58.8 cm³/mol. The lowest BCUT2D eigenvalue weighted by atomic mass is 10.2. The lowest BCUT2D eigenvalue weighted by Crippen LogP contribution is -2.22. The Hall–Kier alpha value is -0.780. The van der Waals surface area contributed by atoms with Gasteiger partial charge in [-0.2, -0.15) is 0 Å². The number of phenolic OH excluding ortho intramolecular Hbond substituents is 1. The van der Waals surface area contributed by atoms with E-state index in [1.165, 1.54) is 6.07 Å². The minimum atomic E-state index is -0.158. The minimum Gasteiger partial charge on any atom is -0.507 e. The SMILES string of the molecule is CCNC(=O)c1ccc(I)c(O)c1. The molecule has 0 saturated carbocycles. The highest BCUT2D eigenvalue weighted by atomic mass is 127. The first kappa shape index (κ1) is 10.3. The number of amides is 1. The van der Waals surface area contributed by atoms with E-state index in [4.69, 9.17) is 0 Å². The molecule has 70 valence electrons. The van der Waals surface area contributed by atoms with Gasteiger partial charge in [-0.1, -0.05) is 0 Å². The molecule has 0 radical (unpaired) electrons. The summed E-state index contributed by atoms with van der Waals surface area (Å²) in [5.41, 5.74) is 0.486. The second-order valence-corrected chi connectivity index (χ2v) is 3.69. The molecule has 1 rings (SSSR count). The van der Waals surface area contributed by atoms with Crippen LogP contribution in [0.5, 0.6) is 5.75 Å². The van der Waals surface area contributed by atoms with Crippen molar-refractivity contribution in [3.05, 3.63) is 27.3 Å². The number of carbonyl (C=O) groups excluding carboxylic acids is 1. The maximum absolute atomic E-state index is 11.3. The fraction of sp³-hybridized carbons (Fsp3) is 0.222. The van der Waals surface area contributed by atoms with Crippen molar-refractivity contribution in [2.75, 3.05) is 6.54 Å². The smallest absolute Gasteiger partial charge is 0.251 e. The normalized spacial score (nSPS) is 9.69. The van der Waals surface area contributed by atoms with Crippen molar-refractivity contribution in [2.24, 2.45) is 0 Å². The lowest BCUT2D eigenvalue weighted by Gasteiger charge is -2.03. The van der Waals surface area contributed by atoms with Crippen LogP contribution in [0.1, 0.15) is 17.3 Å². The quantitative estimate of drug-likeness (QED) is 0.816. The van der Waals surface area contributed by atoms with Crippen molar-refractivity contribution in [2.45, 2.75) is 6.92 Å². The summed E-state index contributed by atoms with van der Waals surface area (Å²) in [5, 5.41) is 12.0. The Balaban J connectivity index is 2.90. The Labute approximate surface area is 90.3 Å². The molecule has 0 atom stereocenters. The molecule has 13 heavy (non-hydrogen) atoms. The topological polar surface area (TPSA) is 49.3 Å². The summed E-state index contributed by atoms with van der Waals surface area (Å²) in [6, 6.07) is 4.86. The highest BCUT2D eigenvalue weighted by Gasteiger charge is 2.06. The summed E-state index contributed by atoms with van der Waals surface area (Å²) in [6.07, 6.45) is 0. The second kappa shape index (κ2) is 4.45. The van der Waals surface area contributed by atoms with Crippen LogP contribution in [0, 0.1) is 3.57 Å². The molecule has 0 aromatic heterocycles. The number of phenols is 1. The molecule has 1 aromatic carbocycles. The third kappa shape index (κ3) is 2.58. The Morgan fingerprint density at radius 2 is 2.31 bits per heavy atom. The van der Waals surface area contributed by atoms with Gasteiger partial charge in [-0.3, -0.25) is 4.79 Å². The number of nitrogens with one attached hydrogen (secondary N) is 1. The van der Waals surface area contributed by atoms with E-state index in [0.29, 0.717) is 12.1 Å². The molecule has 0 aliphatic rings. The fourth-order valence-electron chi connectivity index (χ4n) is 0.917. The molecule has 0 bridgehead atoms. The molecule has 0 aliphatic heterocycles. The molecular weight excluding hydrogens is 281 g/mol. The van der Waals surface area contributed by atoms with E-state index < -0.39 is 0 Å². The lowest BCUT2D eigenvalue weighted by molar-refractivity contribution is 0.0955. The first-order chi connectivity index (χ1) is 6.15. The Bertz CT molecular complexity index is 325. The van der Waals surface area contributed by atoms with Crippen LogP contribution >= 0.6 is 22.6 Å². The number of halogens is 1. The summed E-state index contributed by atoms with van der Waals surface area (Å²) in [4.78, 5) is 11.3. The van der Waals surface area contributed by atoms with Gasteiger partial charge >= 0.3 is 0 Å². The molecule has 0 saturated heterocycles. The number of rotatable bonds is 2. The molecule has 0 aliphatic carbocycles. The number of carbonyl (C=O) groups is 1. The zero-order valence-corrected chi connectivity index (χ0v) is 9.33. The third-order valence-electron chi connectivity index (χ3n) is 1.55. The first-order valence-corrected chi connectivity index (χ1v) is 4.99. The van der Waals surface area contributed by atoms with E-state index >= 15 is 0 Å². The highest BCUT2D eigenvalue weighted by Crippen LogP contribution is 2.20. The molecule has 0 heterocycles. The van der Waals surface area contributed by atoms with E-state index in [1.54, 1.807) is 12.1 Å². The zero-order valence-electron chi connectivity index (χ0n) is 7.17. The van der Waals surface area contributed by atoms with Gasteiger partial charge in [-0.15, -0.1) is 0 Å². The van der Waals surface area contributed by atoms with Gasteiger partial charge < -0.3 is 10.4 Å². The minimum absolute atomic E-state index is 0.143. The number of benzene rings is 1. The number of hydrogen-bond acceptors (Lipinski definition) is 2. The Morgan fingerprint density at radius 3 is 2.85 bits per heavy atom. The van der Waals surface area contributed by atoms with Gasteiger partial charge in [-0.05, 0) is 47.7 Å². The molecule has 1 amide bonds. The van der Waals surface area contributed by atoms with Crippen molar-refractivity contribution in [1.82, 2.24) is 5.32 Å². The van der Waals surface area contributed by atoms with Crippen LogP contribution in [0.3, 0.4) is 0 Å². The molecule has 0 fully saturated rings. The van der Waals surface area contributed by atoms with Gasteiger partial charge in [0.05, 0.1) is 3.57 Å². The molecule has 0 spiro atoms. The van der Waals surface area contributed by atoms with Crippen LogP contribution < -0.4 is 5.32 Å². The monoisotopic (exact) mass is 291 g/mol. The maximum Gasteiger partial charge on any atom is 0.251 e. The standard InChI is InChI=1S/C9H10INO2/c1-2-11-9(13)6-3-4-7(10)8(12)5-6/h3-5,12H,2H2,1H3,(H,11,13). The number of hydrogen-bond donors (Lipinski definition) is 2. The fourth-order valence-corrected chi connectivity index (χ4v) is 1.25. The summed E-state index contributed by atoms with van der Waals surface area (Å²) in [5.74, 6) is -0.0152. The average Bonchev–Trinajstić information content (AvgIpc) is 2.10. The molecule has 3 nitrogen and oxygen atoms in total. The van der Waals surface area contributed by atoms with Crippen molar-refractivity contribution in [1.29, 1.82) is 0 Å². The van der Waals surface area contributed by atoms with Gasteiger partial charge in [0.15, 0.2) is 0 Å². The van der Waals surface area contributed by atoms with E-state index in [-0.39, 0.29) is 11.7 Å². The van der Waals surface area contributed by atoms with Gasteiger partial charge in [0.25, 0.3) is 5.91 Å². The Morgan fingerprint density at radius 1 is 1.62 bits per heavy atom. The predicted octanol–water partition coefficient (Wildman–Crippen LogP) is 1.75. The van der Waals surface area contributed by atoms with Gasteiger partial charge in [0, 0.05) is 12.1 Å². The Kier molecular flexibility index (Phi) is 3.53. The van der Waals surface area contributed by atoms with Crippen molar-refractivity contribution in [3.8, 4) is 5.75 Å². The van der Waals surface area contributed by atoms with Crippen LogP contribution in [-0.4, -0.2) is 17.6 Å². The summed E-state index contributed by atoms with van der Waals surface area (Å²) in [7, 11) is 0. The van der Waals surface area contributed by atoms with Crippen LogP contribution in [0.15, 0.2) is 18.2 Å². The van der Waals surface area contributed by atoms with Crippen molar-refractivity contribution in [3.63, 3.8) is 0 Å². The molecule has 2 N–H and O–H groups in total. The van der Waals surface area contributed by atoms with Crippen LogP contribution in [0.2, 0.25) is 0 Å². The van der Waals surface area contributed by atoms with Gasteiger partial charge in [0.2, 0.25) is 0 Å². The largest absolute Gasteiger partial charge is 0.507 e. The van der Waals surface area contributed by atoms with Crippen LogP contribution in [0.4, 0.5) is 0 Å². The average molecular weight is 291 g/mol. The molecule has 4 heteroatoms. The van der Waals surface area contributed by atoms with Gasteiger partial charge in [-0.25, -0.2) is 0 Å². The maximum atomic E-state index is 11.3. The zero-order chi connectivity index (χ0) is 9.84. The van der Waals surface area contributed by atoms with Crippen molar-refractivity contribution >= 4 is 28.5 Å². The summed E-state index contributed by atoms with van der Waals surface area (Å²) < 4.78 is 0.741. The molecule has 0 unspecified atom stereocenters. The first-order valence-electron chi connectivity index (χ1n) is 3.92. The van der Waals surface area contributed by atoms with E-state index in [0.717, 1.165) is 3.57 Å². The second-order valence-electron chi connectivity index (χ2n) is 2.53. The van der Waals surface area contributed by atoms with E-state index in [2.05, 4.69) is 5.32 Å².